The van der Waals surface area contributed by atoms with Gasteiger partial charge in [0, 0.05) is 12.8 Å². The Kier molecular flexibility index (Phi) is 35.3. The molecule has 0 amide bonds. The first-order valence-electron chi connectivity index (χ1n) is 25.9. The third-order valence-electron chi connectivity index (χ3n) is 12.4. The van der Waals surface area contributed by atoms with Crippen LogP contribution in [0.5, 0.6) is 0 Å². The van der Waals surface area contributed by atoms with Gasteiger partial charge in [0.25, 0.3) is 0 Å². The highest BCUT2D eigenvalue weighted by atomic mass is 16.7. The van der Waals surface area contributed by atoms with Crippen molar-refractivity contribution in [2.45, 2.75) is 261 Å². The minimum atomic E-state index is -1.77. The van der Waals surface area contributed by atoms with Gasteiger partial charge in [-0.3, -0.25) is 9.59 Å². The highest BCUT2D eigenvalue weighted by molar-refractivity contribution is 5.70. The Bertz CT molecular complexity index is 1250. The Morgan fingerprint density at radius 2 is 0.864 bits per heavy atom. The second-order valence-electron chi connectivity index (χ2n) is 18.3. The van der Waals surface area contributed by atoms with Crippen LogP contribution in [0.1, 0.15) is 194 Å². The zero-order valence-corrected chi connectivity index (χ0v) is 40.7. The zero-order chi connectivity index (χ0) is 48.2. The maximum absolute atomic E-state index is 13.0. The van der Waals surface area contributed by atoms with Gasteiger partial charge in [0.1, 0.15) is 55.4 Å². The average Bonchev–Trinajstić information content (AvgIpc) is 3.31. The van der Waals surface area contributed by atoms with Crippen LogP contribution in [-0.2, 0) is 38.0 Å². The number of aliphatic hydroxyl groups excluding tert-OH is 7. The predicted octanol–water partition coefficient (Wildman–Crippen LogP) is 7.16. The standard InChI is InChI=1S/C51H92O15/c1-3-5-7-9-11-13-15-17-18-19-20-22-23-25-27-29-31-33-42(53)61-36-39(64-43(54)34-32-30-28-26-24-21-16-14-12-10-8-6-4-2)37-62-50-49(60)47(58)45(56)41(66-50)38-63-51-48(59)46(57)44(55)40(35-52)65-51/h17-18,21,24,39-41,44-52,55-60H,3-16,19-20,22-23,25-38H2,1-2H3/b18-17+,24-21+/t39-,40+,41+,44-,45-,46?,47?,48?,49?,50+,51+/m0/s1. The van der Waals surface area contributed by atoms with Gasteiger partial charge >= 0.3 is 11.9 Å². The molecule has 2 heterocycles. The third kappa shape index (κ3) is 26.7. The van der Waals surface area contributed by atoms with Crippen molar-refractivity contribution >= 4 is 11.9 Å². The maximum atomic E-state index is 13.0. The number of ether oxygens (including phenoxy) is 6. The molecule has 2 fully saturated rings. The van der Waals surface area contributed by atoms with E-state index < -0.39 is 92.7 Å². The number of carbonyl (C=O) groups is 2. The number of carbonyl (C=O) groups excluding carboxylic acids is 2. The number of unbranched alkanes of at least 4 members (excludes halogenated alkanes) is 22. The van der Waals surface area contributed by atoms with Crippen molar-refractivity contribution in [3.05, 3.63) is 24.3 Å². The molecular formula is C51H92O15. The largest absolute Gasteiger partial charge is 0.462 e. The molecule has 7 N–H and O–H groups in total. The summed E-state index contributed by atoms with van der Waals surface area (Å²) in [6.07, 6.45) is 22.1. The highest BCUT2D eigenvalue weighted by Gasteiger charge is 2.47. The van der Waals surface area contributed by atoms with E-state index in [0.717, 1.165) is 51.4 Å². The third-order valence-corrected chi connectivity index (χ3v) is 12.4. The molecule has 15 nitrogen and oxygen atoms in total. The number of aliphatic hydroxyl groups is 7. The molecule has 0 aromatic rings. The molecule has 0 saturated carbocycles. The Morgan fingerprint density at radius 1 is 0.470 bits per heavy atom. The lowest BCUT2D eigenvalue weighted by Crippen LogP contribution is -2.61. The number of hydrogen-bond donors (Lipinski definition) is 7. The maximum Gasteiger partial charge on any atom is 0.306 e. The van der Waals surface area contributed by atoms with Crippen LogP contribution in [0.25, 0.3) is 0 Å². The van der Waals surface area contributed by atoms with E-state index in [1.165, 1.54) is 103 Å². The molecule has 386 valence electrons. The van der Waals surface area contributed by atoms with Gasteiger partial charge in [-0.1, -0.05) is 141 Å². The van der Waals surface area contributed by atoms with Crippen molar-refractivity contribution in [2.24, 2.45) is 0 Å². The van der Waals surface area contributed by atoms with Crippen molar-refractivity contribution in [3.63, 3.8) is 0 Å². The average molecular weight is 945 g/mol. The van der Waals surface area contributed by atoms with Crippen molar-refractivity contribution in [2.75, 3.05) is 26.4 Å². The summed E-state index contributed by atoms with van der Waals surface area (Å²) in [6, 6.07) is 0. The molecular weight excluding hydrogens is 853 g/mol. The summed E-state index contributed by atoms with van der Waals surface area (Å²) in [6.45, 7) is 2.56. The van der Waals surface area contributed by atoms with Gasteiger partial charge in [-0.25, -0.2) is 0 Å². The van der Waals surface area contributed by atoms with Crippen LogP contribution in [0.15, 0.2) is 24.3 Å². The van der Waals surface area contributed by atoms with E-state index >= 15 is 0 Å². The normalized spacial score (nSPS) is 26.3. The van der Waals surface area contributed by atoms with Gasteiger partial charge < -0.3 is 64.2 Å². The molecule has 11 atom stereocenters. The van der Waals surface area contributed by atoms with Crippen molar-refractivity contribution in [3.8, 4) is 0 Å². The molecule has 4 unspecified atom stereocenters. The van der Waals surface area contributed by atoms with E-state index in [4.69, 9.17) is 28.4 Å². The number of hydrogen-bond acceptors (Lipinski definition) is 15. The molecule has 0 aliphatic carbocycles. The first-order chi connectivity index (χ1) is 32.0. The molecule has 0 bridgehead atoms. The lowest BCUT2D eigenvalue weighted by molar-refractivity contribution is -0.332. The quantitative estimate of drug-likeness (QED) is 0.0184. The van der Waals surface area contributed by atoms with Crippen LogP contribution in [-0.4, -0.2) is 142 Å². The van der Waals surface area contributed by atoms with Crippen molar-refractivity contribution in [1.29, 1.82) is 0 Å². The van der Waals surface area contributed by atoms with E-state index in [0.29, 0.717) is 12.8 Å². The van der Waals surface area contributed by atoms with Crippen LogP contribution in [0.3, 0.4) is 0 Å². The summed E-state index contributed by atoms with van der Waals surface area (Å²) < 4.78 is 33.5. The van der Waals surface area contributed by atoms with E-state index in [1.54, 1.807) is 0 Å². The molecule has 0 spiro atoms. The predicted molar refractivity (Wildman–Crippen MR) is 252 cm³/mol. The Morgan fingerprint density at radius 3 is 1.35 bits per heavy atom. The summed E-state index contributed by atoms with van der Waals surface area (Å²) >= 11 is 0. The van der Waals surface area contributed by atoms with Crippen LogP contribution >= 0.6 is 0 Å². The second-order valence-corrected chi connectivity index (χ2v) is 18.3. The highest BCUT2D eigenvalue weighted by Crippen LogP contribution is 2.26. The summed E-state index contributed by atoms with van der Waals surface area (Å²) in [4.78, 5) is 25.7. The number of esters is 2. The summed E-state index contributed by atoms with van der Waals surface area (Å²) in [7, 11) is 0. The van der Waals surface area contributed by atoms with Crippen LogP contribution in [0.4, 0.5) is 0 Å². The minimum Gasteiger partial charge on any atom is -0.462 e. The van der Waals surface area contributed by atoms with Gasteiger partial charge in [-0.15, -0.1) is 0 Å². The van der Waals surface area contributed by atoms with E-state index in [9.17, 15) is 45.3 Å². The smallest absolute Gasteiger partial charge is 0.306 e. The first kappa shape index (κ1) is 60.1. The van der Waals surface area contributed by atoms with Gasteiger partial charge in [0.15, 0.2) is 18.7 Å². The topological polar surface area (TPSA) is 231 Å². The summed E-state index contributed by atoms with van der Waals surface area (Å²) in [5.74, 6) is -0.944. The second kappa shape index (κ2) is 38.8. The fraction of sp³-hybridized carbons (Fsp3) is 0.882. The van der Waals surface area contributed by atoms with Crippen LogP contribution in [0, 0.1) is 0 Å². The number of allylic oxidation sites excluding steroid dienone is 4. The monoisotopic (exact) mass is 945 g/mol. The molecule has 0 radical (unpaired) electrons. The summed E-state index contributed by atoms with van der Waals surface area (Å²) in [5.41, 5.74) is 0. The Labute approximate surface area is 396 Å². The van der Waals surface area contributed by atoms with Crippen molar-refractivity contribution in [1.82, 2.24) is 0 Å². The van der Waals surface area contributed by atoms with Crippen LogP contribution in [0.2, 0.25) is 0 Å². The molecule has 2 aliphatic heterocycles. The van der Waals surface area contributed by atoms with Gasteiger partial charge in [0.05, 0.1) is 19.8 Å². The Balaban J connectivity index is 1.81. The number of rotatable bonds is 40. The van der Waals surface area contributed by atoms with E-state index in [1.807, 2.05) is 0 Å². The van der Waals surface area contributed by atoms with Gasteiger partial charge in [-0.05, 0) is 64.2 Å². The molecule has 66 heavy (non-hydrogen) atoms. The first-order valence-corrected chi connectivity index (χ1v) is 25.9. The summed E-state index contributed by atoms with van der Waals surface area (Å²) in [5, 5.41) is 72.0. The Hall–Kier alpha value is -2.02. The molecule has 2 aliphatic rings. The molecule has 0 aromatic carbocycles. The SMILES string of the molecule is CCCCCCCC/C=C/CCCCCCCCCC(=O)OC[C@@H](CO[C@@H]1O[C@H](CO[C@@H]2O[C@H](CO)[C@H](O)C(O)C2O)[C@H](O)C(O)C1O)OC(=O)CCCCC/C=C/CCCCCCCC. The van der Waals surface area contributed by atoms with Crippen molar-refractivity contribution < 1.29 is 73.8 Å². The molecule has 2 saturated heterocycles. The van der Waals surface area contributed by atoms with E-state index in [-0.39, 0.29) is 26.1 Å². The lowest BCUT2D eigenvalue weighted by Gasteiger charge is -2.42. The fourth-order valence-corrected chi connectivity index (χ4v) is 8.09. The van der Waals surface area contributed by atoms with Gasteiger partial charge in [-0.2, -0.15) is 0 Å². The molecule has 0 aromatic heterocycles. The zero-order valence-electron chi connectivity index (χ0n) is 40.7. The van der Waals surface area contributed by atoms with E-state index in [2.05, 4.69) is 38.2 Å². The molecule has 15 heteroatoms. The van der Waals surface area contributed by atoms with Crippen LogP contribution < -0.4 is 0 Å². The molecule has 2 rings (SSSR count). The lowest BCUT2D eigenvalue weighted by atomic mass is 9.98. The van der Waals surface area contributed by atoms with Gasteiger partial charge in [0.2, 0.25) is 0 Å². The minimum absolute atomic E-state index is 0.146. The fourth-order valence-electron chi connectivity index (χ4n) is 8.09.